The van der Waals surface area contributed by atoms with Crippen LogP contribution in [0.5, 0.6) is 0 Å². The van der Waals surface area contributed by atoms with Gasteiger partial charge in [-0.2, -0.15) is 0 Å². The van der Waals surface area contributed by atoms with Crippen LogP contribution in [0.1, 0.15) is 39.7 Å². The zero-order chi connectivity index (χ0) is 15.2. The molecule has 0 fully saturated rings. The zero-order valence-corrected chi connectivity index (χ0v) is 15.1. The molecule has 1 rings (SSSR count). The van der Waals surface area contributed by atoms with Crippen LogP contribution in [0.2, 0.25) is 0 Å². The van der Waals surface area contributed by atoms with Crippen molar-refractivity contribution in [1.29, 1.82) is 0 Å². The van der Waals surface area contributed by atoms with E-state index in [0.717, 1.165) is 25.9 Å². The van der Waals surface area contributed by atoms with Crippen LogP contribution in [0.4, 0.5) is 0 Å². The molecule has 20 heavy (non-hydrogen) atoms. The molecule has 2 unspecified atom stereocenters. The molecule has 2 atom stereocenters. The van der Waals surface area contributed by atoms with Crippen molar-refractivity contribution in [3.8, 4) is 0 Å². The summed E-state index contributed by atoms with van der Waals surface area (Å²) < 4.78 is 1.21. The zero-order valence-electron chi connectivity index (χ0n) is 13.5. The summed E-state index contributed by atoms with van der Waals surface area (Å²) in [6, 6.07) is 8.97. The molecule has 3 heteroatoms. The van der Waals surface area contributed by atoms with E-state index in [-0.39, 0.29) is 5.54 Å². The molecule has 114 valence electrons. The standard InChI is InChI=1S/C17H29BrN2/c1-6-17(4,20(7-2)8-3)16(19-5)13-14-11-9-10-12-15(14)18/h9-12,16,19H,6-8,13H2,1-5H3. The fraction of sp³-hybridized carbons (Fsp3) is 0.647. The lowest BCUT2D eigenvalue weighted by Crippen LogP contribution is -2.59. The predicted molar refractivity (Wildman–Crippen MR) is 92.3 cm³/mol. The van der Waals surface area contributed by atoms with Crippen molar-refractivity contribution >= 4 is 15.9 Å². The summed E-state index contributed by atoms with van der Waals surface area (Å²) in [5, 5.41) is 3.56. The molecular formula is C17H29BrN2. The molecule has 1 aromatic carbocycles. The van der Waals surface area contributed by atoms with Crippen molar-refractivity contribution in [3.05, 3.63) is 34.3 Å². The first-order chi connectivity index (χ1) is 9.53. The first-order valence-electron chi connectivity index (χ1n) is 7.69. The molecule has 0 amide bonds. The molecule has 2 nitrogen and oxygen atoms in total. The van der Waals surface area contributed by atoms with Gasteiger partial charge in [-0.1, -0.05) is 54.9 Å². The molecule has 0 aromatic heterocycles. The van der Waals surface area contributed by atoms with Crippen LogP contribution in [0, 0.1) is 0 Å². The molecule has 0 aliphatic carbocycles. The van der Waals surface area contributed by atoms with Gasteiger partial charge in [-0.05, 0) is 51.5 Å². The lowest BCUT2D eigenvalue weighted by atomic mass is 9.83. The van der Waals surface area contributed by atoms with Crippen molar-refractivity contribution in [2.45, 2.75) is 52.1 Å². The highest BCUT2D eigenvalue weighted by Crippen LogP contribution is 2.28. The average Bonchev–Trinajstić information content (AvgIpc) is 2.47. The Labute approximate surface area is 133 Å². The fourth-order valence-corrected chi connectivity index (χ4v) is 3.60. The lowest BCUT2D eigenvalue weighted by molar-refractivity contribution is 0.0730. The number of nitrogens with zero attached hydrogens (tertiary/aromatic N) is 1. The van der Waals surface area contributed by atoms with Gasteiger partial charge in [0, 0.05) is 16.1 Å². The van der Waals surface area contributed by atoms with Crippen LogP contribution in [0.25, 0.3) is 0 Å². The van der Waals surface area contributed by atoms with Crippen LogP contribution in [-0.4, -0.2) is 36.6 Å². The van der Waals surface area contributed by atoms with Crippen molar-refractivity contribution in [1.82, 2.24) is 10.2 Å². The first kappa shape index (κ1) is 17.7. The number of hydrogen-bond acceptors (Lipinski definition) is 2. The Hall–Kier alpha value is -0.380. The van der Waals surface area contributed by atoms with Crippen molar-refractivity contribution in [3.63, 3.8) is 0 Å². The van der Waals surface area contributed by atoms with E-state index in [0.29, 0.717) is 6.04 Å². The summed E-state index contributed by atoms with van der Waals surface area (Å²) in [4.78, 5) is 2.57. The normalized spacial score (nSPS) is 16.1. The van der Waals surface area contributed by atoms with E-state index in [1.165, 1.54) is 10.0 Å². The molecular weight excluding hydrogens is 312 g/mol. The van der Waals surface area contributed by atoms with E-state index in [9.17, 15) is 0 Å². The molecule has 0 heterocycles. The molecule has 0 saturated carbocycles. The molecule has 0 saturated heterocycles. The van der Waals surface area contributed by atoms with Crippen LogP contribution < -0.4 is 5.32 Å². The van der Waals surface area contributed by atoms with Gasteiger partial charge in [0.1, 0.15) is 0 Å². The smallest absolute Gasteiger partial charge is 0.0334 e. The molecule has 0 radical (unpaired) electrons. The first-order valence-corrected chi connectivity index (χ1v) is 8.48. The number of nitrogens with one attached hydrogen (secondary N) is 1. The summed E-state index contributed by atoms with van der Waals surface area (Å²) >= 11 is 3.67. The van der Waals surface area contributed by atoms with E-state index in [2.05, 4.69) is 85.2 Å². The summed E-state index contributed by atoms with van der Waals surface area (Å²) in [5.41, 5.74) is 1.55. The van der Waals surface area contributed by atoms with Crippen LogP contribution in [-0.2, 0) is 6.42 Å². The van der Waals surface area contributed by atoms with Gasteiger partial charge in [-0.25, -0.2) is 0 Å². The van der Waals surface area contributed by atoms with Gasteiger partial charge in [0.25, 0.3) is 0 Å². The quantitative estimate of drug-likeness (QED) is 0.766. The highest BCUT2D eigenvalue weighted by Gasteiger charge is 2.36. The number of halogens is 1. The Morgan fingerprint density at radius 2 is 1.80 bits per heavy atom. The summed E-state index contributed by atoms with van der Waals surface area (Å²) in [5.74, 6) is 0. The second kappa shape index (κ2) is 8.16. The second-order valence-corrected chi connectivity index (χ2v) is 6.37. The highest BCUT2D eigenvalue weighted by molar-refractivity contribution is 9.10. The minimum atomic E-state index is 0.174. The Balaban J connectivity index is 3.01. The Morgan fingerprint density at radius 1 is 1.20 bits per heavy atom. The largest absolute Gasteiger partial charge is 0.315 e. The summed E-state index contributed by atoms with van der Waals surface area (Å²) in [6.07, 6.45) is 2.18. The van der Waals surface area contributed by atoms with Gasteiger partial charge in [-0.15, -0.1) is 0 Å². The topological polar surface area (TPSA) is 15.3 Å². The van der Waals surface area contributed by atoms with Gasteiger partial charge in [0.05, 0.1) is 0 Å². The monoisotopic (exact) mass is 340 g/mol. The van der Waals surface area contributed by atoms with Gasteiger partial charge >= 0.3 is 0 Å². The van der Waals surface area contributed by atoms with E-state index in [1.807, 2.05) is 0 Å². The van der Waals surface area contributed by atoms with Gasteiger partial charge in [0.2, 0.25) is 0 Å². The van der Waals surface area contributed by atoms with E-state index in [1.54, 1.807) is 0 Å². The molecule has 1 N–H and O–H groups in total. The number of hydrogen-bond donors (Lipinski definition) is 1. The van der Waals surface area contributed by atoms with Gasteiger partial charge in [-0.3, -0.25) is 4.90 Å². The second-order valence-electron chi connectivity index (χ2n) is 5.52. The average molecular weight is 341 g/mol. The maximum atomic E-state index is 3.67. The Morgan fingerprint density at radius 3 is 2.25 bits per heavy atom. The Bertz CT molecular complexity index is 404. The summed E-state index contributed by atoms with van der Waals surface area (Å²) in [6.45, 7) is 11.4. The number of rotatable bonds is 8. The molecule has 0 bridgehead atoms. The third kappa shape index (κ3) is 3.84. The van der Waals surface area contributed by atoms with Crippen molar-refractivity contribution in [2.24, 2.45) is 0 Å². The third-order valence-electron chi connectivity index (χ3n) is 4.68. The number of benzene rings is 1. The summed E-state index contributed by atoms with van der Waals surface area (Å²) in [7, 11) is 2.08. The van der Waals surface area contributed by atoms with E-state index in [4.69, 9.17) is 0 Å². The highest BCUT2D eigenvalue weighted by atomic mass is 79.9. The van der Waals surface area contributed by atoms with Gasteiger partial charge in [0.15, 0.2) is 0 Å². The maximum Gasteiger partial charge on any atom is 0.0334 e. The minimum absolute atomic E-state index is 0.174. The third-order valence-corrected chi connectivity index (χ3v) is 5.46. The maximum absolute atomic E-state index is 3.67. The lowest BCUT2D eigenvalue weighted by Gasteiger charge is -2.46. The molecule has 0 spiro atoms. The van der Waals surface area contributed by atoms with Crippen LogP contribution >= 0.6 is 15.9 Å². The van der Waals surface area contributed by atoms with Crippen molar-refractivity contribution in [2.75, 3.05) is 20.1 Å². The minimum Gasteiger partial charge on any atom is -0.315 e. The molecule has 0 aliphatic heterocycles. The Kier molecular flexibility index (Phi) is 7.21. The molecule has 1 aromatic rings. The van der Waals surface area contributed by atoms with Crippen LogP contribution in [0.15, 0.2) is 28.7 Å². The van der Waals surface area contributed by atoms with E-state index >= 15 is 0 Å². The molecule has 0 aliphatic rings. The predicted octanol–water partition coefficient (Wildman–Crippen LogP) is 4.09. The van der Waals surface area contributed by atoms with Crippen LogP contribution in [0.3, 0.4) is 0 Å². The van der Waals surface area contributed by atoms with Crippen molar-refractivity contribution < 1.29 is 0 Å². The fourth-order valence-electron chi connectivity index (χ4n) is 3.15. The van der Waals surface area contributed by atoms with E-state index < -0.39 is 0 Å². The SMILES string of the molecule is CCN(CC)C(C)(CC)C(Cc1ccccc1Br)NC. The van der Waals surface area contributed by atoms with Gasteiger partial charge < -0.3 is 5.32 Å². The number of likely N-dealkylation sites (N-methyl/N-ethyl adjacent to an activating group) is 2.